The van der Waals surface area contributed by atoms with E-state index >= 15 is 0 Å². The number of carbonyl (C=O) groups excluding carboxylic acids is 2. The minimum absolute atomic E-state index is 0.0378. The third kappa shape index (κ3) is 4.61. The van der Waals surface area contributed by atoms with Crippen LogP contribution in [0.4, 0.5) is 0 Å². The van der Waals surface area contributed by atoms with Crippen LogP contribution in [0.1, 0.15) is 33.8 Å². The second-order valence-electron chi connectivity index (χ2n) is 6.05. The molecule has 0 radical (unpaired) electrons. The molecule has 24 heavy (non-hydrogen) atoms. The molecule has 1 saturated carbocycles. The summed E-state index contributed by atoms with van der Waals surface area (Å²) >= 11 is 1.46. The predicted octanol–water partition coefficient (Wildman–Crippen LogP) is 1.71. The standard InChI is InChI=1S/C17H20N4O2S/c1-11-2-3-13(7-19-11)17(23)21-15(12-4-5-12)9-20-16(22)6-14-8-18-10-24-14/h2-3,7-8,10,12,15H,4-6,9H2,1H3,(H,20,22)(H,21,23). The lowest BCUT2D eigenvalue weighted by molar-refractivity contribution is -0.120. The van der Waals surface area contributed by atoms with Crippen molar-refractivity contribution in [1.29, 1.82) is 0 Å². The molecule has 2 aromatic heterocycles. The first-order valence-corrected chi connectivity index (χ1v) is 8.87. The number of hydrogen-bond donors (Lipinski definition) is 2. The number of aromatic nitrogens is 2. The fourth-order valence-electron chi connectivity index (χ4n) is 2.46. The zero-order valence-corrected chi connectivity index (χ0v) is 14.3. The lowest BCUT2D eigenvalue weighted by Crippen LogP contribution is -2.45. The Bertz CT molecular complexity index is 696. The van der Waals surface area contributed by atoms with E-state index in [1.165, 1.54) is 11.3 Å². The number of hydrogen-bond acceptors (Lipinski definition) is 5. The molecule has 2 N–H and O–H groups in total. The number of carbonyl (C=O) groups is 2. The summed E-state index contributed by atoms with van der Waals surface area (Å²) in [5.74, 6) is 0.253. The highest BCUT2D eigenvalue weighted by atomic mass is 32.1. The van der Waals surface area contributed by atoms with E-state index in [0.717, 1.165) is 23.4 Å². The summed E-state index contributed by atoms with van der Waals surface area (Å²) in [6, 6.07) is 3.55. The van der Waals surface area contributed by atoms with Crippen LogP contribution in [-0.2, 0) is 11.2 Å². The van der Waals surface area contributed by atoms with Crippen LogP contribution in [0.15, 0.2) is 30.0 Å². The van der Waals surface area contributed by atoms with Gasteiger partial charge in [0.2, 0.25) is 5.91 Å². The van der Waals surface area contributed by atoms with Gasteiger partial charge < -0.3 is 10.6 Å². The molecule has 1 unspecified atom stereocenters. The molecule has 0 spiro atoms. The van der Waals surface area contributed by atoms with Gasteiger partial charge in [0.15, 0.2) is 0 Å². The summed E-state index contributed by atoms with van der Waals surface area (Å²) in [5, 5.41) is 5.94. The molecule has 1 fully saturated rings. The van der Waals surface area contributed by atoms with Crippen LogP contribution in [-0.4, -0.2) is 34.4 Å². The van der Waals surface area contributed by atoms with E-state index in [-0.39, 0.29) is 17.9 Å². The minimum Gasteiger partial charge on any atom is -0.354 e. The van der Waals surface area contributed by atoms with Gasteiger partial charge >= 0.3 is 0 Å². The molecular weight excluding hydrogens is 324 g/mol. The van der Waals surface area contributed by atoms with Gasteiger partial charge in [-0.1, -0.05) is 0 Å². The van der Waals surface area contributed by atoms with Gasteiger partial charge in [-0.15, -0.1) is 11.3 Å². The Morgan fingerprint density at radius 3 is 2.79 bits per heavy atom. The summed E-state index contributed by atoms with van der Waals surface area (Å²) in [6.07, 6.45) is 5.79. The molecule has 6 nitrogen and oxygen atoms in total. The second-order valence-corrected chi connectivity index (χ2v) is 7.03. The first-order chi connectivity index (χ1) is 11.6. The molecule has 0 bridgehead atoms. The zero-order valence-electron chi connectivity index (χ0n) is 13.5. The molecular formula is C17H20N4O2S. The Labute approximate surface area is 144 Å². The summed E-state index contributed by atoms with van der Waals surface area (Å²) in [7, 11) is 0. The smallest absolute Gasteiger partial charge is 0.253 e. The highest BCUT2D eigenvalue weighted by Gasteiger charge is 2.32. The van der Waals surface area contributed by atoms with Gasteiger partial charge in [-0.05, 0) is 37.8 Å². The van der Waals surface area contributed by atoms with Crippen molar-refractivity contribution < 1.29 is 9.59 Å². The summed E-state index contributed by atoms with van der Waals surface area (Å²) in [5.41, 5.74) is 3.13. The molecule has 0 saturated heterocycles. The van der Waals surface area contributed by atoms with E-state index < -0.39 is 0 Å². The van der Waals surface area contributed by atoms with Crippen LogP contribution in [0.2, 0.25) is 0 Å². The van der Waals surface area contributed by atoms with E-state index in [1.54, 1.807) is 24.0 Å². The largest absolute Gasteiger partial charge is 0.354 e. The molecule has 2 amide bonds. The van der Waals surface area contributed by atoms with Crippen LogP contribution in [0.5, 0.6) is 0 Å². The first kappa shape index (κ1) is 16.6. The molecule has 1 aliphatic carbocycles. The molecule has 1 atom stereocenters. The lowest BCUT2D eigenvalue weighted by atomic mass is 10.1. The van der Waals surface area contributed by atoms with Crippen molar-refractivity contribution in [2.45, 2.75) is 32.2 Å². The highest BCUT2D eigenvalue weighted by molar-refractivity contribution is 7.09. The maximum Gasteiger partial charge on any atom is 0.253 e. The van der Waals surface area contributed by atoms with Gasteiger partial charge in [-0.3, -0.25) is 19.6 Å². The topological polar surface area (TPSA) is 84.0 Å². The Hall–Kier alpha value is -2.28. The van der Waals surface area contributed by atoms with Crippen LogP contribution in [0.3, 0.4) is 0 Å². The van der Waals surface area contributed by atoms with Gasteiger partial charge in [-0.25, -0.2) is 0 Å². The number of thiazole rings is 1. The fraction of sp³-hybridized carbons (Fsp3) is 0.412. The monoisotopic (exact) mass is 344 g/mol. The Morgan fingerprint density at radius 1 is 1.33 bits per heavy atom. The second kappa shape index (κ2) is 7.53. The van der Waals surface area contributed by atoms with Gasteiger partial charge in [0, 0.05) is 35.6 Å². The highest BCUT2D eigenvalue weighted by Crippen LogP contribution is 2.32. The fourth-order valence-corrected chi connectivity index (χ4v) is 3.06. The summed E-state index contributed by atoms with van der Waals surface area (Å²) < 4.78 is 0. The number of amides is 2. The maximum absolute atomic E-state index is 12.3. The van der Waals surface area contributed by atoms with E-state index in [9.17, 15) is 9.59 Å². The Balaban J connectivity index is 1.52. The number of aryl methyl sites for hydroxylation is 1. The summed E-state index contributed by atoms with van der Waals surface area (Å²) in [6.45, 7) is 2.33. The van der Waals surface area contributed by atoms with Crippen molar-refractivity contribution in [3.63, 3.8) is 0 Å². The van der Waals surface area contributed by atoms with Crippen LogP contribution < -0.4 is 10.6 Å². The van der Waals surface area contributed by atoms with E-state index in [4.69, 9.17) is 0 Å². The molecule has 0 aromatic carbocycles. The van der Waals surface area contributed by atoms with E-state index in [2.05, 4.69) is 20.6 Å². The van der Waals surface area contributed by atoms with E-state index in [1.807, 2.05) is 13.0 Å². The molecule has 2 aromatic rings. The molecule has 0 aliphatic heterocycles. The van der Waals surface area contributed by atoms with Gasteiger partial charge in [-0.2, -0.15) is 0 Å². The van der Waals surface area contributed by atoms with Crippen molar-refractivity contribution in [2.75, 3.05) is 6.54 Å². The third-order valence-corrected chi connectivity index (χ3v) is 4.80. The first-order valence-electron chi connectivity index (χ1n) is 7.99. The number of nitrogens with one attached hydrogen (secondary N) is 2. The van der Waals surface area contributed by atoms with Crippen LogP contribution in [0, 0.1) is 12.8 Å². The molecule has 126 valence electrons. The van der Waals surface area contributed by atoms with Crippen molar-refractivity contribution in [3.8, 4) is 0 Å². The molecule has 3 rings (SSSR count). The quantitative estimate of drug-likeness (QED) is 0.801. The van der Waals surface area contributed by atoms with Crippen molar-refractivity contribution >= 4 is 23.2 Å². The van der Waals surface area contributed by atoms with Crippen LogP contribution >= 0.6 is 11.3 Å². The lowest BCUT2D eigenvalue weighted by Gasteiger charge is -2.19. The van der Waals surface area contributed by atoms with Crippen LogP contribution in [0.25, 0.3) is 0 Å². The Kier molecular flexibility index (Phi) is 5.20. The average Bonchev–Trinajstić information content (AvgIpc) is 3.29. The SMILES string of the molecule is Cc1ccc(C(=O)NC(CNC(=O)Cc2cncs2)C2CC2)cn1. The average molecular weight is 344 g/mol. The summed E-state index contributed by atoms with van der Waals surface area (Å²) in [4.78, 5) is 33.4. The number of nitrogens with zero attached hydrogens (tertiary/aromatic N) is 2. The Morgan fingerprint density at radius 2 is 2.17 bits per heavy atom. The predicted molar refractivity (Wildman–Crippen MR) is 91.8 cm³/mol. The van der Waals surface area contributed by atoms with E-state index in [0.29, 0.717) is 24.4 Å². The number of rotatable bonds is 7. The molecule has 2 heterocycles. The number of pyridine rings is 1. The van der Waals surface area contributed by atoms with Gasteiger partial charge in [0.05, 0.1) is 17.5 Å². The normalized spacial score (nSPS) is 14.9. The van der Waals surface area contributed by atoms with Crippen molar-refractivity contribution in [2.24, 2.45) is 5.92 Å². The third-order valence-electron chi connectivity index (χ3n) is 4.02. The van der Waals surface area contributed by atoms with Gasteiger partial charge in [0.25, 0.3) is 5.91 Å². The zero-order chi connectivity index (χ0) is 16.9. The van der Waals surface area contributed by atoms with Crippen molar-refractivity contribution in [1.82, 2.24) is 20.6 Å². The van der Waals surface area contributed by atoms with Gasteiger partial charge in [0.1, 0.15) is 0 Å². The minimum atomic E-state index is -0.142. The maximum atomic E-state index is 12.3. The molecule has 7 heteroatoms. The molecule has 1 aliphatic rings. The van der Waals surface area contributed by atoms with Crippen molar-refractivity contribution in [3.05, 3.63) is 46.2 Å².